The third-order valence-electron chi connectivity index (χ3n) is 3.48. The van der Waals surface area contributed by atoms with Gasteiger partial charge in [0, 0.05) is 11.1 Å². The number of fused-ring (bicyclic) bond motifs is 1. The van der Waals surface area contributed by atoms with E-state index in [0.29, 0.717) is 0 Å². The van der Waals surface area contributed by atoms with Crippen LogP contribution in [0.5, 0.6) is 0 Å². The molecule has 0 fully saturated rings. The average Bonchev–Trinajstić information content (AvgIpc) is 2.83. The second-order valence-corrected chi connectivity index (χ2v) is 4.67. The van der Waals surface area contributed by atoms with E-state index in [2.05, 4.69) is 5.32 Å². The van der Waals surface area contributed by atoms with E-state index in [0.717, 1.165) is 0 Å². The summed E-state index contributed by atoms with van der Waals surface area (Å²) in [7, 11) is 0. The van der Waals surface area contributed by atoms with E-state index in [4.69, 9.17) is 4.74 Å². The van der Waals surface area contributed by atoms with Crippen LogP contribution in [0.15, 0.2) is 35.5 Å². The second kappa shape index (κ2) is 4.66. The maximum Gasteiger partial charge on any atom is 0.323 e. The molecule has 0 radical (unpaired) electrons. The quantitative estimate of drug-likeness (QED) is 0.636. The molecule has 1 aromatic carbocycles. The van der Waals surface area contributed by atoms with Gasteiger partial charge in [0.2, 0.25) is 11.7 Å². The van der Waals surface area contributed by atoms with Gasteiger partial charge in [-0.3, -0.25) is 19.2 Å². The highest BCUT2D eigenvalue weighted by Gasteiger charge is 2.48. The number of Topliss-reactive ketones (excluding diaryl/α,β-unsaturated/α-hetero) is 2. The molecule has 1 aliphatic carbocycles. The molecule has 1 unspecified atom stereocenters. The van der Waals surface area contributed by atoms with Crippen LogP contribution < -0.4 is 5.32 Å². The topological polar surface area (TPSA) is 89.5 Å². The standard InChI is InChI=1S/C15H11NO5/c1-2-21-15(20)10-9-11(16-14(10)19)13(18)8-6-4-3-5-7(8)12(9)17/h3-6,10H,2H2,1H3,(H,16,19). The van der Waals surface area contributed by atoms with Crippen LogP contribution >= 0.6 is 0 Å². The number of esters is 1. The van der Waals surface area contributed by atoms with Gasteiger partial charge in [0.1, 0.15) is 0 Å². The first-order valence-corrected chi connectivity index (χ1v) is 6.46. The molecule has 2 aliphatic rings. The smallest absolute Gasteiger partial charge is 0.323 e. The van der Waals surface area contributed by atoms with Crippen molar-refractivity contribution >= 4 is 23.4 Å². The van der Waals surface area contributed by atoms with Gasteiger partial charge in [-0.05, 0) is 6.92 Å². The van der Waals surface area contributed by atoms with E-state index in [9.17, 15) is 19.2 Å². The first kappa shape index (κ1) is 13.2. The minimum atomic E-state index is -1.37. The summed E-state index contributed by atoms with van der Waals surface area (Å²) in [6.07, 6.45) is 0. The Bertz CT molecular complexity index is 731. The van der Waals surface area contributed by atoms with Gasteiger partial charge < -0.3 is 10.1 Å². The van der Waals surface area contributed by atoms with E-state index < -0.39 is 29.4 Å². The van der Waals surface area contributed by atoms with Gasteiger partial charge in [-0.25, -0.2) is 0 Å². The predicted molar refractivity (Wildman–Crippen MR) is 70.4 cm³/mol. The molecule has 6 nitrogen and oxygen atoms in total. The van der Waals surface area contributed by atoms with Gasteiger partial charge in [-0.15, -0.1) is 0 Å². The summed E-state index contributed by atoms with van der Waals surface area (Å²) in [5.41, 5.74) is 0.210. The van der Waals surface area contributed by atoms with Crippen LogP contribution in [0.3, 0.4) is 0 Å². The second-order valence-electron chi connectivity index (χ2n) is 4.67. The molecule has 106 valence electrons. The molecule has 1 N–H and O–H groups in total. The van der Waals surface area contributed by atoms with Crippen LogP contribution in [0.25, 0.3) is 0 Å². The Labute approximate surface area is 119 Å². The summed E-state index contributed by atoms with van der Waals surface area (Å²) in [5, 5.41) is 2.34. The molecule has 21 heavy (non-hydrogen) atoms. The number of hydrogen-bond acceptors (Lipinski definition) is 5. The Hall–Kier alpha value is -2.76. The molecule has 1 aromatic rings. The predicted octanol–water partition coefficient (Wildman–Crippen LogP) is 0.629. The largest absolute Gasteiger partial charge is 0.465 e. The Morgan fingerprint density at radius 1 is 1.14 bits per heavy atom. The first-order valence-electron chi connectivity index (χ1n) is 6.46. The molecule has 0 spiro atoms. The fourth-order valence-corrected chi connectivity index (χ4v) is 2.57. The van der Waals surface area contributed by atoms with Crippen molar-refractivity contribution in [3.05, 3.63) is 46.7 Å². The molecule has 3 rings (SSSR count). The van der Waals surface area contributed by atoms with Crippen molar-refractivity contribution < 1.29 is 23.9 Å². The highest BCUT2D eigenvalue weighted by Crippen LogP contribution is 2.34. The molecule has 1 amide bonds. The zero-order valence-corrected chi connectivity index (χ0v) is 11.1. The number of hydrogen-bond donors (Lipinski definition) is 1. The van der Waals surface area contributed by atoms with Crippen molar-refractivity contribution in [3.63, 3.8) is 0 Å². The maximum absolute atomic E-state index is 12.5. The van der Waals surface area contributed by atoms with Gasteiger partial charge in [0.15, 0.2) is 11.7 Å². The van der Waals surface area contributed by atoms with E-state index in [-0.39, 0.29) is 29.0 Å². The number of carbonyl (C=O) groups is 4. The Morgan fingerprint density at radius 3 is 2.38 bits per heavy atom. The van der Waals surface area contributed by atoms with Crippen LogP contribution in [0.4, 0.5) is 0 Å². The lowest BCUT2D eigenvalue weighted by atomic mass is 9.83. The highest BCUT2D eigenvalue weighted by molar-refractivity contribution is 6.32. The maximum atomic E-state index is 12.5. The van der Waals surface area contributed by atoms with E-state index >= 15 is 0 Å². The van der Waals surface area contributed by atoms with Crippen molar-refractivity contribution in [1.29, 1.82) is 0 Å². The summed E-state index contributed by atoms with van der Waals surface area (Å²) in [6.45, 7) is 1.69. The Kier molecular flexibility index (Phi) is 2.94. The summed E-state index contributed by atoms with van der Waals surface area (Å²) < 4.78 is 4.82. The Morgan fingerprint density at radius 2 is 1.76 bits per heavy atom. The van der Waals surface area contributed by atoms with E-state index in [1.807, 2.05) is 0 Å². The number of nitrogens with one attached hydrogen (secondary N) is 1. The molecular weight excluding hydrogens is 274 g/mol. The molecule has 0 aromatic heterocycles. The van der Waals surface area contributed by atoms with Crippen LogP contribution in [-0.2, 0) is 14.3 Å². The number of carbonyl (C=O) groups excluding carboxylic acids is 4. The lowest BCUT2D eigenvalue weighted by Gasteiger charge is -2.17. The number of rotatable bonds is 2. The SMILES string of the molecule is CCOC(=O)C1C(=O)NC2=C1C(=O)c1ccccc1C2=O. The van der Waals surface area contributed by atoms with Crippen molar-refractivity contribution in [2.24, 2.45) is 5.92 Å². The number of benzene rings is 1. The molecule has 1 aliphatic heterocycles. The normalized spacial score (nSPS) is 20.0. The zero-order chi connectivity index (χ0) is 15.1. The van der Waals surface area contributed by atoms with Gasteiger partial charge in [-0.2, -0.15) is 0 Å². The molecule has 0 bridgehead atoms. The summed E-state index contributed by atoms with van der Waals surface area (Å²) in [5.74, 6) is -3.84. The minimum absolute atomic E-state index is 0.0873. The van der Waals surface area contributed by atoms with Crippen molar-refractivity contribution in [3.8, 4) is 0 Å². The van der Waals surface area contributed by atoms with E-state index in [1.54, 1.807) is 19.1 Å². The van der Waals surface area contributed by atoms with Crippen LogP contribution in [0.1, 0.15) is 27.6 Å². The fourth-order valence-electron chi connectivity index (χ4n) is 2.57. The zero-order valence-electron chi connectivity index (χ0n) is 11.1. The minimum Gasteiger partial charge on any atom is -0.465 e. The van der Waals surface area contributed by atoms with Gasteiger partial charge in [-0.1, -0.05) is 24.3 Å². The third-order valence-corrected chi connectivity index (χ3v) is 3.48. The Balaban J connectivity index is 2.13. The van der Waals surface area contributed by atoms with Crippen molar-refractivity contribution in [2.75, 3.05) is 6.61 Å². The van der Waals surface area contributed by atoms with Crippen LogP contribution in [-0.4, -0.2) is 30.0 Å². The van der Waals surface area contributed by atoms with E-state index in [1.165, 1.54) is 12.1 Å². The molecular formula is C15H11NO5. The lowest BCUT2D eigenvalue weighted by molar-refractivity contribution is -0.149. The summed E-state index contributed by atoms with van der Waals surface area (Å²) in [6, 6.07) is 6.28. The summed E-state index contributed by atoms with van der Waals surface area (Å²) >= 11 is 0. The molecule has 6 heteroatoms. The lowest BCUT2D eigenvalue weighted by Crippen LogP contribution is -2.30. The number of ether oxygens (including phenoxy) is 1. The van der Waals surface area contributed by atoms with Gasteiger partial charge >= 0.3 is 5.97 Å². The number of ketones is 2. The third kappa shape index (κ3) is 1.79. The van der Waals surface area contributed by atoms with Crippen LogP contribution in [0.2, 0.25) is 0 Å². The number of amides is 1. The molecule has 0 saturated heterocycles. The monoisotopic (exact) mass is 285 g/mol. The highest BCUT2D eigenvalue weighted by atomic mass is 16.5. The van der Waals surface area contributed by atoms with Gasteiger partial charge in [0.05, 0.1) is 17.9 Å². The summed E-state index contributed by atoms with van der Waals surface area (Å²) in [4.78, 5) is 48.7. The first-order chi connectivity index (χ1) is 10.1. The molecule has 0 saturated carbocycles. The van der Waals surface area contributed by atoms with Gasteiger partial charge in [0.25, 0.3) is 0 Å². The fraction of sp³-hybridized carbons (Fsp3) is 0.200. The van der Waals surface area contributed by atoms with Crippen LogP contribution in [0, 0.1) is 5.92 Å². The van der Waals surface area contributed by atoms with Crippen molar-refractivity contribution in [1.82, 2.24) is 5.32 Å². The average molecular weight is 285 g/mol. The number of allylic oxidation sites excluding steroid dienone is 1. The molecule has 1 atom stereocenters. The van der Waals surface area contributed by atoms with Crippen molar-refractivity contribution in [2.45, 2.75) is 6.92 Å². The molecule has 1 heterocycles.